The Morgan fingerprint density at radius 1 is 1.03 bits per heavy atom. The van der Waals surface area contributed by atoms with Crippen molar-refractivity contribution in [3.63, 3.8) is 0 Å². The van der Waals surface area contributed by atoms with Gasteiger partial charge in [-0.3, -0.25) is 14.5 Å². The summed E-state index contributed by atoms with van der Waals surface area (Å²) in [6.07, 6.45) is 0. The van der Waals surface area contributed by atoms with E-state index in [0.29, 0.717) is 29.0 Å². The number of aromatic amines is 1. The Morgan fingerprint density at radius 3 is 2.49 bits per heavy atom. The number of phenols is 1. The number of aromatic carboxylic acids is 1. The monoisotopic (exact) mass is 499 g/mol. The summed E-state index contributed by atoms with van der Waals surface area (Å²) in [4.78, 5) is 46.5. The number of aliphatic hydroxyl groups is 1. The van der Waals surface area contributed by atoms with Gasteiger partial charge in [-0.2, -0.15) is 0 Å². The zero-order valence-corrected chi connectivity index (χ0v) is 19.5. The molecule has 4 aromatic rings. The van der Waals surface area contributed by atoms with Crippen LogP contribution >= 0.6 is 0 Å². The fourth-order valence-electron chi connectivity index (χ4n) is 4.32. The van der Waals surface area contributed by atoms with Crippen molar-refractivity contribution >= 4 is 40.4 Å². The highest BCUT2D eigenvalue weighted by Gasteiger charge is 2.48. The molecule has 1 unspecified atom stereocenters. The largest absolute Gasteiger partial charge is 0.508 e. The number of carbonyl (C=O) groups excluding carboxylic acids is 2. The maximum Gasteiger partial charge on any atom is 0.335 e. The lowest BCUT2D eigenvalue weighted by atomic mass is 9.95. The Hall–Kier alpha value is -5.12. The second kappa shape index (κ2) is 9.15. The van der Waals surface area contributed by atoms with Crippen molar-refractivity contribution < 1.29 is 34.4 Å². The number of fused-ring (bicyclic) bond motifs is 1. The van der Waals surface area contributed by atoms with Gasteiger partial charge in [0.15, 0.2) is 0 Å². The molecule has 2 heterocycles. The number of nitrogens with zero attached hydrogens (tertiary/aromatic N) is 2. The third-order valence-electron chi connectivity index (χ3n) is 6.02. The molecule has 10 heteroatoms. The molecule has 1 aromatic heterocycles. The van der Waals surface area contributed by atoms with E-state index in [1.54, 1.807) is 24.3 Å². The number of ketones is 1. The van der Waals surface area contributed by atoms with Gasteiger partial charge in [0.05, 0.1) is 34.8 Å². The standard InChI is InChI=1S/C27H21N3O7/c1-2-37-18-5-3-4-15(12-18)23(32)21-22(14-6-9-17(31)10-7-14)30(25(34)24(21)33)27-28-19-11-8-16(26(35)36)13-20(19)29-27/h3-13,22,31-32H,2H2,1H3,(H,28,29)(H,35,36)/b23-21+. The number of H-pyrrole nitrogens is 1. The number of imidazole rings is 1. The summed E-state index contributed by atoms with van der Waals surface area (Å²) in [7, 11) is 0. The summed E-state index contributed by atoms with van der Waals surface area (Å²) in [5.74, 6) is -2.92. The minimum atomic E-state index is -1.13. The zero-order chi connectivity index (χ0) is 26.3. The van der Waals surface area contributed by atoms with Crippen molar-refractivity contribution in [2.75, 3.05) is 11.5 Å². The highest BCUT2D eigenvalue weighted by molar-refractivity contribution is 6.51. The number of anilines is 1. The number of carbonyl (C=O) groups is 3. The summed E-state index contributed by atoms with van der Waals surface area (Å²) in [5.41, 5.74) is 1.31. The first-order valence-electron chi connectivity index (χ1n) is 11.3. The molecule has 5 rings (SSSR count). The van der Waals surface area contributed by atoms with Crippen LogP contribution in [0.2, 0.25) is 0 Å². The van der Waals surface area contributed by atoms with Gasteiger partial charge in [0, 0.05) is 5.56 Å². The van der Waals surface area contributed by atoms with Crippen LogP contribution in [-0.2, 0) is 9.59 Å². The highest BCUT2D eigenvalue weighted by Crippen LogP contribution is 2.42. The minimum absolute atomic E-state index is 0.000157. The topological polar surface area (TPSA) is 153 Å². The van der Waals surface area contributed by atoms with Crippen molar-refractivity contribution in [1.82, 2.24) is 9.97 Å². The Balaban J connectivity index is 1.70. The Morgan fingerprint density at radius 2 is 1.78 bits per heavy atom. The molecule has 0 spiro atoms. The predicted octanol–water partition coefficient (Wildman–Crippen LogP) is 3.99. The molecule has 1 aliphatic heterocycles. The number of amides is 1. The van der Waals surface area contributed by atoms with Crippen LogP contribution < -0.4 is 9.64 Å². The second-order valence-electron chi connectivity index (χ2n) is 8.32. The van der Waals surface area contributed by atoms with E-state index in [-0.39, 0.29) is 28.4 Å². The number of phenolic OH excluding ortho intramolecular Hbond substituents is 1. The maximum atomic E-state index is 13.3. The first-order chi connectivity index (χ1) is 17.8. The predicted molar refractivity (Wildman–Crippen MR) is 134 cm³/mol. The minimum Gasteiger partial charge on any atom is -0.508 e. The van der Waals surface area contributed by atoms with Crippen LogP contribution in [0.4, 0.5) is 5.95 Å². The molecule has 0 bridgehead atoms. The van der Waals surface area contributed by atoms with Gasteiger partial charge >= 0.3 is 11.9 Å². The SMILES string of the molecule is CCOc1cccc(/C(O)=C2\C(=O)C(=O)N(c3nc4ccc(C(=O)O)cc4[nH]3)C2c2ccc(O)cc2)c1. The molecule has 0 aliphatic carbocycles. The van der Waals surface area contributed by atoms with Crippen LogP contribution in [0.5, 0.6) is 11.5 Å². The lowest BCUT2D eigenvalue weighted by molar-refractivity contribution is -0.132. The number of aliphatic hydroxyl groups excluding tert-OH is 1. The van der Waals surface area contributed by atoms with Crippen LogP contribution in [0.15, 0.2) is 72.3 Å². The molecule has 1 fully saturated rings. The van der Waals surface area contributed by atoms with Crippen LogP contribution in [0.25, 0.3) is 16.8 Å². The molecule has 3 aromatic carbocycles. The van der Waals surface area contributed by atoms with Gasteiger partial charge in [-0.15, -0.1) is 0 Å². The third kappa shape index (κ3) is 4.14. The van der Waals surface area contributed by atoms with Crippen molar-refractivity contribution in [1.29, 1.82) is 0 Å². The van der Waals surface area contributed by atoms with Gasteiger partial charge in [0.2, 0.25) is 5.95 Å². The molecule has 1 amide bonds. The number of nitrogens with one attached hydrogen (secondary N) is 1. The average molecular weight is 499 g/mol. The van der Waals surface area contributed by atoms with Crippen molar-refractivity contribution in [2.45, 2.75) is 13.0 Å². The molecule has 4 N–H and O–H groups in total. The third-order valence-corrected chi connectivity index (χ3v) is 6.02. The van der Waals surface area contributed by atoms with Gasteiger partial charge in [0.25, 0.3) is 5.78 Å². The van der Waals surface area contributed by atoms with Gasteiger partial charge in [0.1, 0.15) is 17.3 Å². The first kappa shape index (κ1) is 23.6. The molecule has 1 aliphatic rings. The van der Waals surface area contributed by atoms with Crippen LogP contribution in [0, 0.1) is 0 Å². The van der Waals surface area contributed by atoms with Crippen molar-refractivity contribution in [2.24, 2.45) is 0 Å². The lowest BCUT2D eigenvalue weighted by Crippen LogP contribution is -2.30. The van der Waals surface area contributed by atoms with Crippen molar-refractivity contribution in [3.05, 3.63) is 89.0 Å². The summed E-state index contributed by atoms with van der Waals surface area (Å²) in [5, 5.41) is 30.4. The molecule has 0 radical (unpaired) electrons. The molecule has 1 saturated heterocycles. The first-order valence-corrected chi connectivity index (χ1v) is 11.3. The van der Waals surface area contributed by atoms with Crippen LogP contribution in [0.3, 0.4) is 0 Å². The van der Waals surface area contributed by atoms with E-state index in [0.717, 1.165) is 4.90 Å². The zero-order valence-electron chi connectivity index (χ0n) is 19.5. The number of aromatic hydroxyl groups is 1. The summed E-state index contributed by atoms with van der Waals surface area (Å²) in [6.45, 7) is 2.22. The van der Waals surface area contributed by atoms with E-state index in [2.05, 4.69) is 9.97 Å². The number of benzene rings is 3. The van der Waals surface area contributed by atoms with Gasteiger partial charge < -0.3 is 25.0 Å². The Bertz CT molecular complexity index is 1590. The van der Waals surface area contributed by atoms with Crippen LogP contribution in [-0.4, -0.2) is 49.6 Å². The van der Waals surface area contributed by atoms with E-state index in [1.165, 1.54) is 42.5 Å². The highest BCUT2D eigenvalue weighted by atomic mass is 16.5. The van der Waals surface area contributed by atoms with Gasteiger partial charge in [-0.05, 0) is 55.0 Å². The lowest BCUT2D eigenvalue weighted by Gasteiger charge is -2.23. The number of ether oxygens (including phenoxy) is 1. The molecule has 0 saturated carbocycles. The van der Waals surface area contributed by atoms with E-state index >= 15 is 0 Å². The number of hydrogen-bond acceptors (Lipinski definition) is 7. The summed E-state index contributed by atoms with van der Waals surface area (Å²) < 4.78 is 5.50. The Labute approximate surface area is 210 Å². The van der Waals surface area contributed by atoms with Gasteiger partial charge in [-0.25, -0.2) is 9.78 Å². The molecule has 37 heavy (non-hydrogen) atoms. The number of hydrogen-bond donors (Lipinski definition) is 4. The number of carboxylic acids is 1. The molecule has 10 nitrogen and oxygen atoms in total. The van der Waals surface area contributed by atoms with Crippen molar-refractivity contribution in [3.8, 4) is 11.5 Å². The fourth-order valence-corrected chi connectivity index (χ4v) is 4.32. The van der Waals surface area contributed by atoms with Crippen LogP contribution in [0.1, 0.15) is 34.5 Å². The molecular weight excluding hydrogens is 478 g/mol. The van der Waals surface area contributed by atoms with E-state index < -0.39 is 29.5 Å². The average Bonchev–Trinajstić information content (AvgIpc) is 3.42. The van der Waals surface area contributed by atoms with E-state index in [9.17, 15) is 29.7 Å². The van der Waals surface area contributed by atoms with Gasteiger partial charge in [-0.1, -0.05) is 24.3 Å². The number of Topliss-reactive ketones (excluding diaryl/α,β-unsaturated/α-hetero) is 1. The Kier molecular flexibility index (Phi) is 5.84. The number of carboxylic acid groups (broad SMARTS) is 1. The maximum absolute atomic E-state index is 13.3. The smallest absolute Gasteiger partial charge is 0.335 e. The summed E-state index contributed by atoms with van der Waals surface area (Å²) in [6, 6.07) is 15.6. The quantitative estimate of drug-likeness (QED) is 0.176. The summed E-state index contributed by atoms with van der Waals surface area (Å²) >= 11 is 0. The molecule has 1 atom stereocenters. The van der Waals surface area contributed by atoms with E-state index in [1.807, 2.05) is 6.92 Å². The number of aromatic nitrogens is 2. The van der Waals surface area contributed by atoms with E-state index in [4.69, 9.17) is 4.74 Å². The normalized spacial score (nSPS) is 16.9. The second-order valence-corrected chi connectivity index (χ2v) is 8.32. The fraction of sp³-hybridized carbons (Fsp3) is 0.111. The molecular formula is C27H21N3O7. The number of rotatable bonds is 6. The molecule has 186 valence electrons.